The Hall–Kier alpha value is -1.22. The van der Waals surface area contributed by atoms with Crippen LogP contribution >= 0.6 is 0 Å². The molecule has 2 aliphatic heterocycles. The Kier molecular flexibility index (Phi) is 3.65. The van der Waals surface area contributed by atoms with Crippen LogP contribution in [0.5, 0.6) is 11.5 Å². The van der Waals surface area contributed by atoms with E-state index in [1.807, 2.05) is 0 Å². The zero-order chi connectivity index (χ0) is 13.2. The molecule has 2 atom stereocenters. The first kappa shape index (κ1) is 12.8. The van der Waals surface area contributed by atoms with Crippen LogP contribution in [0.2, 0.25) is 0 Å². The SMILES string of the molecule is COc1cc(CC2CCCNC2)cc2c1OC(C)C2. The average Bonchev–Trinajstić information content (AvgIpc) is 2.79. The van der Waals surface area contributed by atoms with Crippen LogP contribution in [0, 0.1) is 5.92 Å². The van der Waals surface area contributed by atoms with Crippen LogP contribution in [0.1, 0.15) is 30.9 Å². The smallest absolute Gasteiger partial charge is 0.164 e. The van der Waals surface area contributed by atoms with Crippen molar-refractivity contribution in [2.24, 2.45) is 5.92 Å². The van der Waals surface area contributed by atoms with Gasteiger partial charge in [0, 0.05) is 12.0 Å². The molecule has 0 bridgehead atoms. The summed E-state index contributed by atoms with van der Waals surface area (Å²) in [4.78, 5) is 0. The van der Waals surface area contributed by atoms with E-state index >= 15 is 0 Å². The predicted molar refractivity (Wildman–Crippen MR) is 76.1 cm³/mol. The van der Waals surface area contributed by atoms with E-state index in [4.69, 9.17) is 9.47 Å². The Morgan fingerprint density at radius 3 is 3.05 bits per heavy atom. The molecule has 2 heterocycles. The lowest BCUT2D eigenvalue weighted by Gasteiger charge is -2.23. The van der Waals surface area contributed by atoms with E-state index in [0.717, 1.165) is 36.8 Å². The topological polar surface area (TPSA) is 30.5 Å². The van der Waals surface area contributed by atoms with Gasteiger partial charge in [-0.25, -0.2) is 0 Å². The normalized spacial score (nSPS) is 25.8. The number of hydrogen-bond acceptors (Lipinski definition) is 3. The Balaban J connectivity index is 1.80. The van der Waals surface area contributed by atoms with Gasteiger partial charge in [0.1, 0.15) is 6.10 Å². The highest BCUT2D eigenvalue weighted by atomic mass is 16.5. The molecule has 3 nitrogen and oxygen atoms in total. The van der Waals surface area contributed by atoms with Gasteiger partial charge in [0.05, 0.1) is 7.11 Å². The zero-order valence-corrected chi connectivity index (χ0v) is 11.9. The number of rotatable bonds is 3. The summed E-state index contributed by atoms with van der Waals surface area (Å²) >= 11 is 0. The highest BCUT2D eigenvalue weighted by Crippen LogP contribution is 2.39. The van der Waals surface area contributed by atoms with Crippen LogP contribution in [0.4, 0.5) is 0 Å². The van der Waals surface area contributed by atoms with Crippen molar-refractivity contribution in [2.75, 3.05) is 20.2 Å². The molecule has 19 heavy (non-hydrogen) atoms. The molecule has 0 saturated carbocycles. The van der Waals surface area contributed by atoms with Gasteiger partial charge in [0.2, 0.25) is 0 Å². The largest absolute Gasteiger partial charge is 0.493 e. The van der Waals surface area contributed by atoms with Crippen molar-refractivity contribution in [2.45, 2.75) is 38.7 Å². The highest BCUT2D eigenvalue weighted by Gasteiger charge is 2.24. The van der Waals surface area contributed by atoms with Crippen molar-refractivity contribution in [3.05, 3.63) is 23.3 Å². The molecule has 104 valence electrons. The van der Waals surface area contributed by atoms with Crippen molar-refractivity contribution < 1.29 is 9.47 Å². The van der Waals surface area contributed by atoms with E-state index in [1.54, 1.807) is 7.11 Å². The Morgan fingerprint density at radius 1 is 1.42 bits per heavy atom. The number of hydrogen-bond donors (Lipinski definition) is 1. The second-order valence-corrected chi connectivity index (χ2v) is 5.84. The van der Waals surface area contributed by atoms with Crippen molar-refractivity contribution in [3.8, 4) is 11.5 Å². The second kappa shape index (κ2) is 5.41. The summed E-state index contributed by atoms with van der Waals surface area (Å²) in [7, 11) is 1.73. The lowest BCUT2D eigenvalue weighted by atomic mass is 9.91. The summed E-state index contributed by atoms with van der Waals surface area (Å²) in [5.41, 5.74) is 2.70. The maximum Gasteiger partial charge on any atom is 0.164 e. The summed E-state index contributed by atoms with van der Waals surface area (Å²) < 4.78 is 11.3. The maximum absolute atomic E-state index is 5.84. The Morgan fingerprint density at radius 2 is 2.32 bits per heavy atom. The monoisotopic (exact) mass is 261 g/mol. The fourth-order valence-corrected chi connectivity index (χ4v) is 3.26. The molecule has 2 aliphatic rings. The van der Waals surface area contributed by atoms with Crippen LogP contribution in [0.25, 0.3) is 0 Å². The Bertz CT molecular complexity index is 452. The van der Waals surface area contributed by atoms with Crippen LogP contribution in [0.15, 0.2) is 12.1 Å². The first-order valence-electron chi connectivity index (χ1n) is 7.33. The first-order chi connectivity index (χ1) is 9.26. The van der Waals surface area contributed by atoms with Gasteiger partial charge in [-0.2, -0.15) is 0 Å². The summed E-state index contributed by atoms with van der Waals surface area (Å²) in [6, 6.07) is 4.47. The standard InChI is InChI=1S/C16H23NO2/c1-11-6-14-8-13(7-12-4-3-5-17-10-12)9-15(18-2)16(14)19-11/h8-9,11-12,17H,3-7,10H2,1-2H3. The minimum Gasteiger partial charge on any atom is -0.493 e. The van der Waals surface area contributed by atoms with E-state index in [9.17, 15) is 0 Å². The maximum atomic E-state index is 5.84. The number of nitrogens with one attached hydrogen (secondary N) is 1. The van der Waals surface area contributed by atoms with Crippen LogP contribution in [0.3, 0.4) is 0 Å². The van der Waals surface area contributed by atoms with Crippen LogP contribution < -0.4 is 14.8 Å². The van der Waals surface area contributed by atoms with Crippen molar-refractivity contribution in [1.82, 2.24) is 5.32 Å². The predicted octanol–water partition coefficient (Wildman–Crippen LogP) is 2.56. The third-order valence-corrected chi connectivity index (χ3v) is 4.16. The van der Waals surface area contributed by atoms with Crippen LogP contribution in [-0.2, 0) is 12.8 Å². The molecule has 0 spiro atoms. The first-order valence-corrected chi connectivity index (χ1v) is 7.33. The van der Waals surface area contributed by atoms with E-state index in [0.29, 0.717) is 0 Å². The lowest BCUT2D eigenvalue weighted by molar-refractivity contribution is 0.243. The molecule has 1 N–H and O–H groups in total. The summed E-state index contributed by atoms with van der Waals surface area (Å²) in [5, 5.41) is 3.49. The molecule has 0 amide bonds. The Labute approximate surface area is 115 Å². The molecule has 1 saturated heterocycles. The molecule has 1 aromatic carbocycles. The van der Waals surface area contributed by atoms with E-state index in [1.165, 1.54) is 30.5 Å². The van der Waals surface area contributed by atoms with Gasteiger partial charge in [-0.15, -0.1) is 0 Å². The molecular formula is C16H23NO2. The van der Waals surface area contributed by atoms with Crippen LogP contribution in [-0.4, -0.2) is 26.3 Å². The molecule has 2 unspecified atom stereocenters. The van der Waals surface area contributed by atoms with Gasteiger partial charge >= 0.3 is 0 Å². The summed E-state index contributed by atoms with van der Waals surface area (Å²) in [6.07, 6.45) is 5.05. The van der Waals surface area contributed by atoms with Gasteiger partial charge in [-0.1, -0.05) is 6.07 Å². The van der Waals surface area contributed by atoms with E-state index in [2.05, 4.69) is 24.4 Å². The van der Waals surface area contributed by atoms with Gasteiger partial charge in [-0.3, -0.25) is 0 Å². The van der Waals surface area contributed by atoms with Gasteiger partial charge in [-0.05, 0) is 56.8 Å². The lowest BCUT2D eigenvalue weighted by Crippen LogP contribution is -2.30. The fourth-order valence-electron chi connectivity index (χ4n) is 3.26. The second-order valence-electron chi connectivity index (χ2n) is 5.84. The zero-order valence-electron chi connectivity index (χ0n) is 11.9. The molecular weight excluding hydrogens is 238 g/mol. The summed E-state index contributed by atoms with van der Waals surface area (Å²) in [5.74, 6) is 2.62. The van der Waals surface area contributed by atoms with Gasteiger partial charge in [0.25, 0.3) is 0 Å². The highest BCUT2D eigenvalue weighted by molar-refractivity contribution is 5.52. The average molecular weight is 261 g/mol. The fraction of sp³-hybridized carbons (Fsp3) is 0.625. The molecule has 0 aromatic heterocycles. The van der Waals surface area contributed by atoms with E-state index < -0.39 is 0 Å². The number of piperidine rings is 1. The molecule has 1 aromatic rings. The molecule has 0 radical (unpaired) electrons. The molecule has 3 rings (SSSR count). The quantitative estimate of drug-likeness (QED) is 0.907. The van der Waals surface area contributed by atoms with Gasteiger partial charge in [0.15, 0.2) is 11.5 Å². The number of ether oxygens (including phenoxy) is 2. The number of benzene rings is 1. The molecule has 0 aliphatic carbocycles. The van der Waals surface area contributed by atoms with Crippen molar-refractivity contribution in [1.29, 1.82) is 0 Å². The molecule has 1 fully saturated rings. The third kappa shape index (κ3) is 2.71. The minimum absolute atomic E-state index is 0.274. The molecule has 3 heteroatoms. The minimum atomic E-state index is 0.274. The van der Waals surface area contributed by atoms with E-state index in [-0.39, 0.29) is 6.10 Å². The van der Waals surface area contributed by atoms with Gasteiger partial charge < -0.3 is 14.8 Å². The number of methoxy groups -OCH3 is 1. The van der Waals surface area contributed by atoms with Crippen molar-refractivity contribution >= 4 is 0 Å². The third-order valence-electron chi connectivity index (χ3n) is 4.16. The van der Waals surface area contributed by atoms with Crippen molar-refractivity contribution in [3.63, 3.8) is 0 Å². The summed E-state index contributed by atoms with van der Waals surface area (Å²) in [6.45, 7) is 4.44. The number of fused-ring (bicyclic) bond motifs is 1.